The summed E-state index contributed by atoms with van der Waals surface area (Å²) in [7, 11) is 1.83. The molecule has 1 heterocycles. The standard InChI is InChI=1S/C17H21N3OS.ClH/c1-20(17(21)13-8-6-12(10-18)7-9-13)11-16-19-14-4-2-3-5-15(14)22-16;/h6-9H,2-5,10-11,18H2,1H3;1H. The van der Waals surface area contributed by atoms with E-state index in [2.05, 4.69) is 0 Å². The molecule has 0 saturated heterocycles. The largest absolute Gasteiger partial charge is 0.335 e. The molecule has 1 aromatic carbocycles. The Morgan fingerprint density at radius 2 is 1.96 bits per heavy atom. The van der Waals surface area contributed by atoms with Gasteiger partial charge in [-0.1, -0.05) is 12.1 Å². The summed E-state index contributed by atoms with van der Waals surface area (Å²) >= 11 is 1.76. The number of thiazole rings is 1. The molecule has 0 radical (unpaired) electrons. The number of fused-ring (bicyclic) bond motifs is 1. The number of amides is 1. The van der Waals surface area contributed by atoms with Gasteiger partial charge in [0.25, 0.3) is 5.91 Å². The molecule has 0 spiro atoms. The zero-order valence-corrected chi connectivity index (χ0v) is 14.9. The van der Waals surface area contributed by atoms with Crippen LogP contribution in [0.3, 0.4) is 0 Å². The van der Waals surface area contributed by atoms with Gasteiger partial charge in [-0.05, 0) is 43.4 Å². The van der Waals surface area contributed by atoms with Crippen LogP contribution in [0.2, 0.25) is 0 Å². The highest BCUT2D eigenvalue weighted by molar-refractivity contribution is 7.11. The molecule has 0 atom stereocenters. The lowest BCUT2D eigenvalue weighted by atomic mass is 10.0. The third-order valence-corrected chi connectivity index (χ3v) is 5.19. The molecule has 0 unspecified atom stereocenters. The third-order valence-electron chi connectivity index (χ3n) is 4.05. The number of halogens is 1. The van der Waals surface area contributed by atoms with Crippen LogP contribution >= 0.6 is 23.7 Å². The quantitative estimate of drug-likeness (QED) is 0.920. The Balaban J connectivity index is 0.00000192. The van der Waals surface area contributed by atoms with Crippen LogP contribution in [0.5, 0.6) is 0 Å². The van der Waals surface area contributed by atoms with Gasteiger partial charge in [-0.15, -0.1) is 23.7 Å². The van der Waals surface area contributed by atoms with Gasteiger partial charge >= 0.3 is 0 Å². The first-order valence-corrected chi connectivity index (χ1v) is 8.51. The van der Waals surface area contributed by atoms with Crippen LogP contribution in [0.25, 0.3) is 0 Å². The summed E-state index contributed by atoms with van der Waals surface area (Å²) in [5, 5.41) is 1.04. The fourth-order valence-electron chi connectivity index (χ4n) is 2.75. The number of carbonyl (C=O) groups is 1. The van der Waals surface area contributed by atoms with E-state index in [1.807, 2.05) is 31.3 Å². The number of nitrogens with zero attached hydrogens (tertiary/aromatic N) is 2. The average molecular weight is 352 g/mol. The highest BCUT2D eigenvalue weighted by atomic mass is 35.5. The number of hydrogen-bond acceptors (Lipinski definition) is 4. The lowest BCUT2D eigenvalue weighted by Crippen LogP contribution is -2.26. The molecule has 1 aliphatic rings. The molecule has 1 aliphatic carbocycles. The molecule has 0 fully saturated rings. The zero-order chi connectivity index (χ0) is 15.5. The smallest absolute Gasteiger partial charge is 0.253 e. The van der Waals surface area contributed by atoms with E-state index < -0.39 is 0 Å². The second-order valence-electron chi connectivity index (χ2n) is 5.75. The summed E-state index contributed by atoms with van der Waals surface area (Å²) < 4.78 is 0. The monoisotopic (exact) mass is 351 g/mol. The molecule has 0 saturated carbocycles. The number of carbonyl (C=O) groups excluding carboxylic acids is 1. The summed E-state index contributed by atoms with van der Waals surface area (Å²) in [6.07, 6.45) is 4.73. The lowest BCUT2D eigenvalue weighted by Gasteiger charge is -2.15. The van der Waals surface area contributed by atoms with E-state index in [0.29, 0.717) is 18.7 Å². The minimum absolute atomic E-state index is 0. The first-order chi connectivity index (χ1) is 10.7. The van der Waals surface area contributed by atoms with Crippen molar-refractivity contribution in [3.05, 3.63) is 51.0 Å². The number of aryl methyl sites for hydroxylation is 2. The molecular weight excluding hydrogens is 330 g/mol. The predicted molar refractivity (Wildman–Crippen MR) is 96.1 cm³/mol. The van der Waals surface area contributed by atoms with Crippen molar-refractivity contribution < 1.29 is 4.79 Å². The minimum atomic E-state index is 0. The average Bonchev–Trinajstić information content (AvgIpc) is 2.96. The van der Waals surface area contributed by atoms with E-state index in [0.717, 1.165) is 23.4 Å². The predicted octanol–water partition coefficient (Wildman–Crippen LogP) is 3.17. The van der Waals surface area contributed by atoms with Gasteiger partial charge in [0.2, 0.25) is 0 Å². The number of hydrogen-bond donors (Lipinski definition) is 1. The minimum Gasteiger partial charge on any atom is -0.335 e. The molecule has 2 aromatic rings. The van der Waals surface area contributed by atoms with Gasteiger partial charge in [-0.3, -0.25) is 4.79 Å². The van der Waals surface area contributed by atoms with Crippen molar-refractivity contribution in [2.75, 3.05) is 7.05 Å². The maximum Gasteiger partial charge on any atom is 0.253 e. The molecule has 124 valence electrons. The molecule has 23 heavy (non-hydrogen) atoms. The number of aromatic nitrogens is 1. The van der Waals surface area contributed by atoms with Gasteiger partial charge in [-0.2, -0.15) is 0 Å². The van der Waals surface area contributed by atoms with Crippen LogP contribution < -0.4 is 5.73 Å². The molecule has 1 aromatic heterocycles. The van der Waals surface area contributed by atoms with E-state index in [9.17, 15) is 4.79 Å². The van der Waals surface area contributed by atoms with Gasteiger partial charge in [0, 0.05) is 24.0 Å². The van der Waals surface area contributed by atoms with Crippen LogP contribution in [-0.4, -0.2) is 22.8 Å². The van der Waals surface area contributed by atoms with Crippen molar-refractivity contribution in [1.82, 2.24) is 9.88 Å². The molecule has 2 N–H and O–H groups in total. The maximum absolute atomic E-state index is 12.5. The third kappa shape index (κ3) is 4.10. The molecule has 1 amide bonds. The van der Waals surface area contributed by atoms with Crippen molar-refractivity contribution >= 4 is 29.7 Å². The molecule has 3 rings (SSSR count). The zero-order valence-electron chi connectivity index (χ0n) is 13.2. The van der Waals surface area contributed by atoms with E-state index in [1.54, 1.807) is 16.2 Å². The number of benzene rings is 1. The second-order valence-corrected chi connectivity index (χ2v) is 6.92. The summed E-state index contributed by atoms with van der Waals surface area (Å²) in [6.45, 7) is 1.07. The summed E-state index contributed by atoms with van der Waals surface area (Å²) in [6, 6.07) is 7.49. The Morgan fingerprint density at radius 1 is 1.26 bits per heavy atom. The Kier molecular flexibility index (Phi) is 6.16. The first kappa shape index (κ1) is 17.9. The highest BCUT2D eigenvalue weighted by Crippen LogP contribution is 2.27. The van der Waals surface area contributed by atoms with Crippen molar-refractivity contribution in [3.8, 4) is 0 Å². The Morgan fingerprint density at radius 3 is 2.61 bits per heavy atom. The Hall–Kier alpha value is -1.43. The SMILES string of the molecule is CN(Cc1nc2c(s1)CCCC2)C(=O)c1ccc(CN)cc1.Cl. The van der Waals surface area contributed by atoms with Crippen LogP contribution in [0.15, 0.2) is 24.3 Å². The van der Waals surface area contributed by atoms with Gasteiger partial charge < -0.3 is 10.6 Å². The highest BCUT2D eigenvalue weighted by Gasteiger charge is 2.18. The Bertz CT molecular complexity index is 645. The topological polar surface area (TPSA) is 59.2 Å². The van der Waals surface area contributed by atoms with Crippen LogP contribution in [0.4, 0.5) is 0 Å². The fourth-order valence-corrected chi connectivity index (χ4v) is 3.96. The van der Waals surface area contributed by atoms with Gasteiger partial charge in [0.1, 0.15) is 5.01 Å². The molecule has 0 aliphatic heterocycles. The number of rotatable bonds is 4. The van der Waals surface area contributed by atoms with Crippen molar-refractivity contribution in [2.24, 2.45) is 5.73 Å². The Labute approximate surface area is 147 Å². The van der Waals surface area contributed by atoms with E-state index in [-0.39, 0.29) is 18.3 Å². The molecule has 0 bridgehead atoms. The molecule has 4 nitrogen and oxygen atoms in total. The second kappa shape index (κ2) is 7.90. The van der Waals surface area contributed by atoms with Gasteiger partial charge in [0.05, 0.1) is 12.2 Å². The van der Waals surface area contributed by atoms with E-state index >= 15 is 0 Å². The first-order valence-electron chi connectivity index (χ1n) is 7.69. The van der Waals surface area contributed by atoms with Gasteiger partial charge in [0.15, 0.2) is 0 Å². The van der Waals surface area contributed by atoms with Crippen molar-refractivity contribution in [2.45, 2.75) is 38.8 Å². The molecular formula is C17H22ClN3OS. The lowest BCUT2D eigenvalue weighted by molar-refractivity contribution is 0.0785. The normalized spacial score (nSPS) is 13.1. The van der Waals surface area contributed by atoms with E-state index in [1.165, 1.54) is 23.4 Å². The number of nitrogens with two attached hydrogens (primary N) is 1. The summed E-state index contributed by atoms with van der Waals surface area (Å²) in [4.78, 5) is 20.3. The van der Waals surface area contributed by atoms with Crippen LogP contribution in [0, 0.1) is 0 Å². The summed E-state index contributed by atoms with van der Waals surface area (Å²) in [5.74, 6) is 0.0248. The van der Waals surface area contributed by atoms with Crippen LogP contribution in [0.1, 0.15) is 44.3 Å². The van der Waals surface area contributed by atoms with Crippen molar-refractivity contribution in [3.63, 3.8) is 0 Å². The van der Waals surface area contributed by atoms with Crippen LogP contribution in [-0.2, 0) is 25.9 Å². The van der Waals surface area contributed by atoms with E-state index in [4.69, 9.17) is 10.7 Å². The van der Waals surface area contributed by atoms with Crippen molar-refractivity contribution in [1.29, 1.82) is 0 Å². The maximum atomic E-state index is 12.5. The van der Waals surface area contributed by atoms with Gasteiger partial charge in [-0.25, -0.2) is 4.98 Å². The summed E-state index contributed by atoms with van der Waals surface area (Å²) in [5.41, 5.74) is 8.56. The molecule has 6 heteroatoms. The fraction of sp³-hybridized carbons (Fsp3) is 0.412.